The highest BCUT2D eigenvalue weighted by molar-refractivity contribution is 7.91. The molecular weight excluding hydrogens is 617 g/mol. The van der Waals surface area contributed by atoms with Crippen LogP contribution in [0.5, 0.6) is 5.75 Å². The summed E-state index contributed by atoms with van der Waals surface area (Å²) in [4.78, 5) is 19.6. The number of hydroxylamine groups is 1. The van der Waals surface area contributed by atoms with Gasteiger partial charge in [0.15, 0.2) is 4.75 Å². The quantitative estimate of drug-likeness (QED) is 0.209. The Bertz CT molecular complexity index is 1000. The van der Waals surface area contributed by atoms with E-state index in [4.69, 9.17) is 9.47 Å². The maximum Gasteiger partial charge on any atom is 0.266 e. The molecule has 1 aromatic rings. The number of ether oxygens (including phenoxy) is 2. The van der Waals surface area contributed by atoms with Gasteiger partial charge in [-0.3, -0.25) is 14.9 Å². The number of sulfonamides is 1. The van der Waals surface area contributed by atoms with E-state index in [9.17, 15) is 18.4 Å². The number of halogens is 3. The molecule has 238 valence electrons. The second-order valence-corrected chi connectivity index (χ2v) is 12.6. The van der Waals surface area contributed by atoms with Gasteiger partial charge in [0.05, 0.1) is 19.8 Å². The van der Waals surface area contributed by atoms with E-state index in [1.807, 2.05) is 24.3 Å². The second kappa shape index (κ2) is 17.9. The van der Waals surface area contributed by atoms with Gasteiger partial charge in [0.25, 0.3) is 5.91 Å². The molecule has 11 nitrogen and oxygen atoms in total. The van der Waals surface area contributed by atoms with Gasteiger partial charge in [-0.2, -0.15) is 4.31 Å². The van der Waals surface area contributed by atoms with Gasteiger partial charge in [0.2, 0.25) is 10.0 Å². The van der Waals surface area contributed by atoms with Crippen molar-refractivity contribution in [3.8, 4) is 5.75 Å². The molecule has 0 bridgehead atoms. The Kier molecular flexibility index (Phi) is 16.6. The van der Waals surface area contributed by atoms with Gasteiger partial charge < -0.3 is 19.3 Å². The first-order valence-electron chi connectivity index (χ1n) is 13.8. The summed E-state index contributed by atoms with van der Waals surface area (Å²) in [5, 5.41) is 9.50. The van der Waals surface area contributed by atoms with E-state index < -0.39 is 20.7 Å². The average molecular weight is 663 g/mol. The minimum absolute atomic E-state index is 0. The number of piperazine rings is 1. The van der Waals surface area contributed by atoms with E-state index in [0.717, 1.165) is 63.7 Å². The zero-order valence-electron chi connectivity index (χ0n) is 23.7. The van der Waals surface area contributed by atoms with Crippen LogP contribution in [0.3, 0.4) is 0 Å². The molecule has 0 saturated carbocycles. The second-order valence-electron chi connectivity index (χ2n) is 10.3. The number of piperidine rings is 1. The van der Waals surface area contributed by atoms with Crippen LogP contribution in [0.25, 0.3) is 0 Å². The van der Waals surface area contributed by atoms with E-state index >= 15 is 0 Å². The smallest absolute Gasteiger partial charge is 0.266 e. The molecule has 0 radical (unpaired) electrons. The van der Waals surface area contributed by atoms with Crippen LogP contribution < -0.4 is 15.1 Å². The van der Waals surface area contributed by atoms with Gasteiger partial charge in [-0.25, -0.2) is 13.9 Å². The van der Waals surface area contributed by atoms with Gasteiger partial charge in [0.1, 0.15) is 5.75 Å². The first-order valence-corrected chi connectivity index (χ1v) is 15.3. The summed E-state index contributed by atoms with van der Waals surface area (Å²) in [5.41, 5.74) is 2.68. The molecule has 1 aromatic carbocycles. The number of anilines is 1. The molecule has 0 unspecified atom stereocenters. The van der Waals surface area contributed by atoms with Gasteiger partial charge >= 0.3 is 0 Å². The fraction of sp³-hybridized carbons (Fsp3) is 0.731. The zero-order chi connectivity index (χ0) is 27.0. The number of amides is 1. The number of carbonyl (C=O) groups is 1. The van der Waals surface area contributed by atoms with Crippen LogP contribution in [0.15, 0.2) is 24.3 Å². The lowest BCUT2D eigenvalue weighted by atomic mass is 9.95. The average Bonchev–Trinajstić information content (AvgIpc) is 2.97. The summed E-state index contributed by atoms with van der Waals surface area (Å²) >= 11 is 0. The monoisotopic (exact) mass is 661 g/mol. The van der Waals surface area contributed by atoms with Crippen molar-refractivity contribution in [2.24, 2.45) is 0 Å². The Balaban J connectivity index is 0.00000280. The first-order chi connectivity index (χ1) is 18.4. The Morgan fingerprint density at radius 1 is 0.927 bits per heavy atom. The Hall–Kier alpha value is -1.09. The summed E-state index contributed by atoms with van der Waals surface area (Å²) in [7, 11) is -3.98. The minimum Gasteiger partial charge on any atom is -0.494 e. The van der Waals surface area contributed by atoms with E-state index in [1.165, 1.54) is 4.31 Å². The van der Waals surface area contributed by atoms with Crippen molar-refractivity contribution < 1.29 is 27.9 Å². The minimum atomic E-state index is -3.98. The van der Waals surface area contributed by atoms with Crippen LogP contribution in [0.1, 0.15) is 32.6 Å². The van der Waals surface area contributed by atoms with E-state index in [2.05, 4.69) is 21.6 Å². The molecule has 3 aliphatic heterocycles. The largest absolute Gasteiger partial charge is 0.494 e. The Morgan fingerprint density at radius 3 is 2.02 bits per heavy atom. The van der Waals surface area contributed by atoms with Crippen molar-refractivity contribution in [3.63, 3.8) is 0 Å². The molecule has 4 rings (SSSR count). The summed E-state index contributed by atoms with van der Waals surface area (Å²) in [6.07, 6.45) is 2.41. The molecule has 0 atom stereocenters. The van der Waals surface area contributed by atoms with Crippen LogP contribution in [0.2, 0.25) is 0 Å². The van der Waals surface area contributed by atoms with E-state index in [-0.39, 0.29) is 63.2 Å². The third-order valence-electron chi connectivity index (χ3n) is 8.06. The van der Waals surface area contributed by atoms with Crippen molar-refractivity contribution in [2.75, 3.05) is 90.2 Å². The van der Waals surface area contributed by atoms with Crippen molar-refractivity contribution in [1.29, 1.82) is 0 Å². The number of unbranched alkanes of at least 4 members (excludes halogenated alkanes) is 1. The molecule has 0 spiro atoms. The number of hydrogen-bond acceptors (Lipinski definition) is 9. The van der Waals surface area contributed by atoms with E-state index in [1.54, 1.807) is 5.48 Å². The molecule has 3 heterocycles. The van der Waals surface area contributed by atoms with Crippen molar-refractivity contribution in [2.45, 2.75) is 37.4 Å². The first kappa shape index (κ1) is 37.9. The van der Waals surface area contributed by atoms with Crippen LogP contribution >= 0.6 is 37.2 Å². The molecule has 2 N–H and O–H groups in total. The Labute approximate surface area is 263 Å². The number of nitrogens with one attached hydrogen (secondary N) is 1. The number of benzene rings is 1. The third kappa shape index (κ3) is 9.20. The maximum absolute atomic E-state index is 13.9. The lowest BCUT2D eigenvalue weighted by molar-refractivity contribution is -0.133. The summed E-state index contributed by atoms with van der Waals surface area (Å²) in [5.74, 6) is 0.00285. The normalized spacial score (nSPS) is 20.2. The van der Waals surface area contributed by atoms with E-state index in [0.29, 0.717) is 32.8 Å². The lowest BCUT2D eigenvalue weighted by Crippen LogP contribution is -2.63. The molecule has 3 fully saturated rings. The summed E-state index contributed by atoms with van der Waals surface area (Å²) in [6.45, 7) is 10.4. The zero-order valence-corrected chi connectivity index (χ0v) is 27.0. The molecule has 0 aromatic heterocycles. The number of nitrogens with zero attached hydrogens (tertiary/aromatic N) is 4. The molecule has 3 aliphatic rings. The fourth-order valence-electron chi connectivity index (χ4n) is 5.47. The summed E-state index contributed by atoms with van der Waals surface area (Å²) in [6, 6.07) is 7.89. The molecule has 41 heavy (non-hydrogen) atoms. The Morgan fingerprint density at radius 2 is 1.49 bits per heavy atom. The lowest BCUT2D eigenvalue weighted by Gasteiger charge is -2.44. The molecule has 3 saturated heterocycles. The predicted molar refractivity (Wildman–Crippen MR) is 167 cm³/mol. The highest BCUT2D eigenvalue weighted by Gasteiger charge is 2.55. The number of carbonyl (C=O) groups excluding carboxylic acids is 1. The fourth-order valence-corrected chi connectivity index (χ4v) is 7.59. The number of hydrogen-bond donors (Lipinski definition) is 2. The maximum atomic E-state index is 13.9. The van der Waals surface area contributed by atoms with Crippen molar-refractivity contribution in [3.05, 3.63) is 24.3 Å². The van der Waals surface area contributed by atoms with Gasteiger partial charge in [0, 0.05) is 71.1 Å². The molecule has 15 heteroatoms. The number of likely N-dealkylation sites (tertiary alicyclic amines) is 1. The van der Waals surface area contributed by atoms with Crippen LogP contribution in [-0.2, 0) is 19.6 Å². The summed E-state index contributed by atoms with van der Waals surface area (Å²) < 4.78 is 38.7. The highest BCUT2D eigenvalue weighted by Crippen LogP contribution is 2.34. The highest BCUT2D eigenvalue weighted by atomic mass is 35.5. The molecular formula is C26H46Cl3N5O6S. The molecule has 1 amide bonds. The molecule has 0 aliphatic carbocycles. The van der Waals surface area contributed by atoms with Gasteiger partial charge in [-0.1, -0.05) is 13.3 Å². The SMILES string of the molecule is CCCCOc1ccc(N2CCN(S(=O)(=O)C3(C(=O)NO)CCN(CCN4CCOCC4)CC3)CC2)cc1.Cl.Cl.Cl. The third-order valence-corrected chi connectivity index (χ3v) is 10.7. The van der Waals surface area contributed by atoms with Crippen LogP contribution in [0, 0.1) is 0 Å². The van der Waals surface area contributed by atoms with Crippen molar-refractivity contribution >= 4 is 58.8 Å². The number of rotatable bonds is 11. The van der Waals surface area contributed by atoms with Gasteiger partial charge in [-0.15, -0.1) is 37.2 Å². The van der Waals surface area contributed by atoms with Crippen LogP contribution in [0.4, 0.5) is 5.69 Å². The standard InChI is InChI=1S/C26H43N5O6S.3ClH/c1-2-3-20-37-24-6-4-23(5-7-24)30-14-16-31(17-15-30)38(34,35)26(25(32)27-33)8-10-28(11-9-26)12-13-29-18-21-36-22-19-29;;;/h4-7,33H,2-3,8-22H2,1H3,(H,27,32);3*1H. The topological polar surface area (TPSA) is 115 Å². The number of morpholine rings is 1. The van der Waals surface area contributed by atoms with Crippen LogP contribution in [-0.4, -0.2) is 124 Å². The van der Waals surface area contributed by atoms with Crippen molar-refractivity contribution in [1.82, 2.24) is 19.6 Å². The van der Waals surface area contributed by atoms with Gasteiger partial charge in [-0.05, 0) is 43.5 Å². The predicted octanol–water partition coefficient (Wildman–Crippen LogP) is 2.25.